The molecule has 1 heterocycles. The molecular formula is C13H22N4O3. The molecule has 0 radical (unpaired) electrons. The Bertz CT molecular complexity index is 456. The normalized spacial score (nSPS) is 10.8. The van der Waals surface area contributed by atoms with Crippen molar-refractivity contribution < 1.29 is 14.7 Å². The number of carboxylic acids is 1. The average Bonchev–Trinajstić information content (AvgIpc) is 2.83. The summed E-state index contributed by atoms with van der Waals surface area (Å²) in [7, 11) is 0. The molecule has 7 nitrogen and oxygen atoms in total. The summed E-state index contributed by atoms with van der Waals surface area (Å²) < 4.78 is 1.62. The fourth-order valence-corrected chi connectivity index (χ4v) is 1.74. The van der Waals surface area contributed by atoms with Crippen LogP contribution in [0.1, 0.15) is 44.1 Å². The van der Waals surface area contributed by atoms with Crippen molar-refractivity contribution in [2.24, 2.45) is 5.92 Å². The molecule has 1 N–H and O–H groups in total. The summed E-state index contributed by atoms with van der Waals surface area (Å²) in [5.41, 5.74) is 0.198. The molecule has 0 aromatic carbocycles. The molecule has 7 heteroatoms. The molecule has 1 aromatic rings. The zero-order valence-corrected chi connectivity index (χ0v) is 12.2. The molecule has 1 aromatic heterocycles. The van der Waals surface area contributed by atoms with E-state index in [1.165, 1.54) is 4.90 Å². The summed E-state index contributed by atoms with van der Waals surface area (Å²) in [6.07, 6.45) is 3.22. The van der Waals surface area contributed by atoms with Crippen LogP contribution in [-0.4, -0.2) is 50.0 Å². The Hall–Kier alpha value is -1.92. The fraction of sp³-hybridized carbons (Fsp3) is 0.692. The van der Waals surface area contributed by atoms with Crippen LogP contribution in [0, 0.1) is 5.92 Å². The number of carboxylic acid groups (broad SMARTS) is 1. The second kappa shape index (κ2) is 7.62. The Morgan fingerprint density at radius 1 is 1.45 bits per heavy atom. The van der Waals surface area contributed by atoms with Gasteiger partial charge in [0.25, 0.3) is 5.91 Å². The molecule has 0 aliphatic carbocycles. The lowest BCUT2D eigenvalue weighted by molar-refractivity contribution is -0.137. The van der Waals surface area contributed by atoms with Crippen molar-refractivity contribution in [3.05, 3.63) is 11.9 Å². The summed E-state index contributed by atoms with van der Waals surface area (Å²) in [6, 6.07) is 0. The Morgan fingerprint density at radius 3 is 2.70 bits per heavy atom. The van der Waals surface area contributed by atoms with E-state index in [4.69, 9.17) is 5.11 Å². The van der Waals surface area contributed by atoms with Crippen LogP contribution < -0.4 is 0 Å². The van der Waals surface area contributed by atoms with Gasteiger partial charge in [-0.3, -0.25) is 14.3 Å². The molecule has 1 rings (SSSR count). The number of carbonyl (C=O) groups excluding carboxylic acids is 1. The van der Waals surface area contributed by atoms with Crippen LogP contribution in [-0.2, 0) is 11.3 Å². The van der Waals surface area contributed by atoms with Crippen LogP contribution >= 0.6 is 0 Å². The molecule has 20 heavy (non-hydrogen) atoms. The third-order valence-electron chi connectivity index (χ3n) is 2.80. The van der Waals surface area contributed by atoms with Crippen LogP contribution in [0.2, 0.25) is 0 Å². The van der Waals surface area contributed by atoms with Gasteiger partial charge in [0, 0.05) is 13.1 Å². The largest absolute Gasteiger partial charge is 0.480 e. The predicted octanol–water partition coefficient (Wildman–Crippen LogP) is 1.26. The standard InChI is InChI=1S/C13H22N4O3/c1-4-6-16(9-12(18)19)13(20)11-8-17(15-14-11)7-5-10(2)3/h8,10H,4-7,9H2,1-3H3,(H,18,19). The summed E-state index contributed by atoms with van der Waals surface area (Å²) in [6.45, 7) is 6.89. The summed E-state index contributed by atoms with van der Waals surface area (Å²) >= 11 is 0. The second-order valence-electron chi connectivity index (χ2n) is 5.17. The predicted molar refractivity (Wildman–Crippen MR) is 73.3 cm³/mol. The summed E-state index contributed by atoms with van der Waals surface area (Å²) in [5.74, 6) is -0.869. The number of aryl methyl sites for hydroxylation is 1. The number of carbonyl (C=O) groups is 2. The van der Waals surface area contributed by atoms with Gasteiger partial charge < -0.3 is 10.0 Å². The molecular weight excluding hydrogens is 260 g/mol. The minimum atomic E-state index is -1.03. The van der Waals surface area contributed by atoms with Crippen LogP contribution in [0.3, 0.4) is 0 Å². The molecule has 0 saturated heterocycles. The third-order valence-corrected chi connectivity index (χ3v) is 2.80. The van der Waals surface area contributed by atoms with E-state index in [2.05, 4.69) is 24.2 Å². The van der Waals surface area contributed by atoms with Crippen molar-refractivity contribution in [1.29, 1.82) is 0 Å². The molecule has 0 fully saturated rings. The highest BCUT2D eigenvalue weighted by Gasteiger charge is 2.20. The highest BCUT2D eigenvalue weighted by atomic mass is 16.4. The van der Waals surface area contributed by atoms with E-state index in [-0.39, 0.29) is 18.1 Å². The summed E-state index contributed by atoms with van der Waals surface area (Å²) in [4.78, 5) is 24.2. The van der Waals surface area contributed by atoms with Crippen molar-refractivity contribution in [2.75, 3.05) is 13.1 Å². The maximum atomic E-state index is 12.2. The number of nitrogens with zero attached hydrogens (tertiary/aromatic N) is 4. The summed E-state index contributed by atoms with van der Waals surface area (Å²) in [5, 5.41) is 16.6. The SMILES string of the molecule is CCCN(CC(=O)O)C(=O)c1cn(CCC(C)C)nn1. The molecule has 0 unspecified atom stereocenters. The molecule has 0 bridgehead atoms. The smallest absolute Gasteiger partial charge is 0.323 e. The van der Waals surface area contributed by atoms with Gasteiger partial charge in [-0.2, -0.15) is 0 Å². The fourth-order valence-electron chi connectivity index (χ4n) is 1.74. The maximum Gasteiger partial charge on any atom is 0.323 e. The lowest BCUT2D eigenvalue weighted by Gasteiger charge is -2.18. The molecule has 112 valence electrons. The van der Waals surface area contributed by atoms with Gasteiger partial charge in [0.1, 0.15) is 6.54 Å². The molecule has 0 aliphatic heterocycles. The Labute approximate surface area is 118 Å². The number of aliphatic carboxylic acids is 1. The Balaban J connectivity index is 2.71. The first-order chi connectivity index (χ1) is 9.43. The number of hydrogen-bond acceptors (Lipinski definition) is 4. The van der Waals surface area contributed by atoms with Gasteiger partial charge >= 0.3 is 5.97 Å². The van der Waals surface area contributed by atoms with E-state index >= 15 is 0 Å². The Morgan fingerprint density at radius 2 is 2.15 bits per heavy atom. The van der Waals surface area contributed by atoms with Crippen LogP contribution in [0.15, 0.2) is 6.20 Å². The van der Waals surface area contributed by atoms with Gasteiger partial charge in [0.05, 0.1) is 6.20 Å². The highest BCUT2D eigenvalue weighted by molar-refractivity contribution is 5.93. The monoisotopic (exact) mass is 282 g/mol. The van der Waals surface area contributed by atoms with E-state index in [0.717, 1.165) is 6.42 Å². The topological polar surface area (TPSA) is 88.3 Å². The molecule has 0 saturated carbocycles. The highest BCUT2D eigenvalue weighted by Crippen LogP contribution is 2.05. The molecule has 1 amide bonds. The van der Waals surface area contributed by atoms with Gasteiger partial charge in [-0.25, -0.2) is 0 Å². The number of hydrogen-bond donors (Lipinski definition) is 1. The number of amides is 1. The lowest BCUT2D eigenvalue weighted by atomic mass is 10.1. The number of rotatable bonds is 8. The maximum absolute atomic E-state index is 12.2. The van der Waals surface area contributed by atoms with Gasteiger partial charge in [0.15, 0.2) is 5.69 Å². The van der Waals surface area contributed by atoms with Crippen LogP contribution in [0.5, 0.6) is 0 Å². The van der Waals surface area contributed by atoms with Gasteiger partial charge in [-0.05, 0) is 18.8 Å². The van der Waals surface area contributed by atoms with E-state index in [0.29, 0.717) is 25.4 Å². The van der Waals surface area contributed by atoms with E-state index in [9.17, 15) is 9.59 Å². The van der Waals surface area contributed by atoms with Crippen molar-refractivity contribution in [1.82, 2.24) is 19.9 Å². The van der Waals surface area contributed by atoms with Gasteiger partial charge in [-0.1, -0.05) is 26.0 Å². The minimum absolute atomic E-state index is 0.198. The first kappa shape index (κ1) is 16.1. The zero-order chi connectivity index (χ0) is 15.1. The van der Waals surface area contributed by atoms with E-state index in [1.54, 1.807) is 10.9 Å². The Kier molecular flexibility index (Phi) is 6.14. The average molecular weight is 282 g/mol. The van der Waals surface area contributed by atoms with Crippen LogP contribution in [0.25, 0.3) is 0 Å². The van der Waals surface area contributed by atoms with Gasteiger partial charge in [0.2, 0.25) is 0 Å². The lowest BCUT2D eigenvalue weighted by Crippen LogP contribution is -2.36. The number of aromatic nitrogens is 3. The van der Waals surface area contributed by atoms with E-state index < -0.39 is 5.97 Å². The molecule has 0 atom stereocenters. The first-order valence-corrected chi connectivity index (χ1v) is 6.85. The minimum Gasteiger partial charge on any atom is -0.480 e. The van der Waals surface area contributed by atoms with E-state index in [1.807, 2.05) is 6.92 Å². The van der Waals surface area contributed by atoms with Crippen molar-refractivity contribution in [2.45, 2.75) is 40.2 Å². The molecule has 0 spiro atoms. The third kappa shape index (κ3) is 4.99. The second-order valence-corrected chi connectivity index (χ2v) is 5.17. The van der Waals surface area contributed by atoms with Gasteiger partial charge in [-0.15, -0.1) is 5.10 Å². The van der Waals surface area contributed by atoms with Crippen molar-refractivity contribution in [3.63, 3.8) is 0 Å². The van der Waals surface area contributed by atoms with Crippen molar-refractivity contribution >= 4 is 11.9 Å². The molecule has 0 aliphatic rings. The zero-order valence-electron chi connectivity index (χ0n) is 12.2. The van der Waals surface area contributed by atoms with Crippen LogP contribution in [0.4, 0.5) is 0 Å². The quantitative estimate of drug-likeness (QED) is 0.775. The van der Waals surface area contributed by atoms with Crippen molar-refractivity contribution in [3.8, 4) is 0 Å². The first-order valence-electron chi connectivity index (χ1n) is 6.85.